The molecule has 0 radical (unpaired) electrons. The lowest BCUT2D eigenvalue weighted by Crippen LogP contribution is -2.52. The molecule has 0 spiro atoms. The molecule has 2 atom stereocenters. The molecule has 1 rings (SSSR count). The van der Waals surface area contributed by atoms with E-state index < -0.39 is 5.54 Å². The molecule has 1 aromatic rings. The summed E-state index contributed by atoms with van der Waals surface area (Å²) in [5, 5.41) is 2.99. The van der Waals surface area contributed by atoms with Crippen LogP contribution in [0.15, 0.2) is 30.3 Å². The lowest BCUT2D eigenvalue weighted by atomic mass is 9.94. The fourth-order valence-corrected chi connectivity index (χ4v) is 2.27. The molecule has 3 nitrogen and oxygen atoms in total. The van der Waals surface area contributed by atoms with E-state index >= 15 is 0 Å². The van der Waals surface area contributed by atoms with Gasteiger partial charge in [-0.3, -0.25) is 4.79 Å². The highest BCUT2D eigenvalue weighted by Crippen LogP contribution is 2.18. The highest BCUT2D eigenvalue weighted by molar-refractivity contribution is 5.85. The van der Waals surface area contributed by atoms with E-state index in [1.165, 1.54) is 5.56 Å². The summed E-state index contributed by atoms with van der Waals surface area (Å²) in [4.78, 5) is 12.1. The monoisotopic (exact) mass is 262 g/mol. The van der Waals surface area contributed by atoms with Gasteiger partial charge in [0.2, 0.25) is 5.91 Å². The van der Waals surface area contributed by atoms with E-state index in [4.69, 9.17) is 5.73 Å². The average Bonchev–Trinajstić information content (AvgIpc) is 2.40. The topological polar surface area (TPSA) is 55.1 Å². The Labute approximate surface area is 116 Å². The van der Waals surface area contributed by atoms with Gasteiger partial charge >= 0.3 is 0 Å². The number of hydrogen-bond donors (Lipinski definition) is 2. The van der Waals surface area contributed by atoms with Crippen LogP contribution in [0.5, 0.6) is 0 Å². The van der Waals surface area contributed by atoms with E-state index in [-0.39, 0.29) is 5.91 Å². The van der Waals surface area contributed by atoms with Crippen molar-refractivity contribution >= 4 is 5.91 Å². The summed E-state index contributed by atoms with van der Waals surface area (Å²) in [6, 6.07) is 10.3. The maximum Gasteiger partial charge on any atom is 0.239 e. The minimum Gasteiger partial charge on any atom is -0.354 e. The molecule has 0 aliphatic carbocycles. The van der Waals surface area contributed by atoms with Crippen LogP contribution in [-0.4, -0.2) is 18.0 Å². The van der Waals surface area contributed by atoms with E-state index in [9.17, 15) is 4.79 Å². The first kappa shape index (κ1) is 15.7. The molecule has 3 N–H and O–H groups in total. The zero-order chi connectivity index (χ0) is 14.3. The van der Waals surface area contributed by atoms with Gasteiger partial charge in [0.1, 0.15) is 0 Å². The molecule has 0 bridgehead atoms. The molecule has 0 saturated carbocycles. The molecular formula is C16H26N2O. The first-order valence-electron chi connectivity index (χ1n) is 7.13. The van der Waals surface area contributed by atoms with E-state index in [0.717, 1.165) is 12.8 Å². The lowest BCUT2D eigenvalue weighted by molar-refractivity contribution is -0.126. The van der Waals surface area contributed by atoms with Gasteiger partial charge in [-0.1, -0.05) is 50.6 Å². The predicted octanol–water partition coefficient (Wildman–Crippen LogP) is 2.81. The van der Waals surface area contributed by atoms with E-state index in [1.54, 1.807) is 6.92 Å². The Morgan fingerprint density at radius 1 is 1.32 bits per heavy atom. The third-order valence-corrected chi connectivity index (χ3v) is 3.56. The molecular weight excluding hydrogens is 236 g/mol. The third kappa shape index (κ3) is 4.67. The van der Waals surface area contributed by atoms with Gasteiger partial charge in [0, 0.05) is 12.5 Å². The molecule has 1 amide bonds. The van der Waals surface area contributed by atoms with Gasteiger partial charge in [0.25, 0.3) is 0 Å². The minimum atomic E-state index is -0.760. The molecule has 19 heavy (non-hydrogen) atoms. The Balaban J connectivity index is 2.57. The van der Waals surface area contributed by atoms with Crippen molar-refractivity contribution in [3.8, 4) is 0 Å². The van der Waals surface area contributed by atoms with Crippen molar-refractivity contribution in [2.75, 3.05) is 6.54 Å². The third-order valence-electron chi connectivity index (χ3n) is 3.56. The van der Waals surface area contributed by atoms with Gasteiger partial charge in [-0.25, -0.2) is 0 Å². The first-order chi connectivity index (χ1) is 9.01. The van der Waals surface area contributed by atoms with Crippen LogP contribution in [0.25, 0.3) is 0 Å². The van der Waals surface area contributed by atoms with Crippen LogP contribution >= 0.6 is 0 Å². The average molecular weight is 262 g/mol. The highest BCUT2D eigenvalue weighted by atomic mass is 16.2. The second kappa shape index (κ2) is 7.29. The number of carbonyl (C=O) groups is 1. The number of hydrogen-bond acceptors (Lipinski definition) is 2. The molecule has 106 valence electrons. The molecule has 0 aliphatic heterocycles. The second-order valence-corrected chi connectivity index (χ2v) is 5.39. The van der Waals surface area contributed by atoms with Crippen LogP contribution in [0.2, 0.25) is 0 Å². The molecule has 2 unspecified atom stereocenters. The number of carbonyl (C=O) groups excluding carboxylic acids is 1. The van der Waals surface area contributed by atoms with Crippen molar-refractivity contribution < 1.29 is 4.79 Å². The SMILES string of the molecule is CCCC(C)(N)C(=O)NCC(CC)c1ccccc1. The van der Waals surface area contributed by atoms with Gasteiger partial charge in [0.05, 0.1) is 5.54 Å². The van der Waals surface area contributed by atoms with Crippen LogP contribution < -0.4 is 11.1 Å². The number of rotatable bonds is 7. The van der Waals surface area contributed by atoms with Crippen LogP contribution in [0.1, 0.15) is 51.5 Å². The van der Waals surface area contributed by atoms with Gasteiger partial charge in [-0.2, -0.15) is 0 Å². The Hall–Kier alpha value is -1.35. The maximum absolute atomic E-state index is 12.1. The van der Waals surface area contributed by atoms with Crippen LogP contribution in [-0.2, 0) is 4.79 Å². The summed E-state index contributed by atoms with van der Waals surface area (Å²) in [5.74, 6) is 0.298. The van der Waals surface area contributed by atoms with Crippen molar-refractivity contribution in [3.63, 3.8) is 0 Å². The summed E-state index contributed by atoms with van der Waals surface area (Å²) in [6.45, 7) is 6.62. The number of amides is 1. The van der Waals surface area contributed by atoms with E-state index in [1.807, 2.05) is 25.1 Å². The summed E-state index contributed by atoms with van der Waals surface area (Å²) < 4.78 is 0. The van der Waals surface area contributed by atoms with Crippen LogP contribution in [0, 0.1) is 0 Å². The predicted molar refractivity (Wildman–Crippen MR) is 80.0 cm³/mol. The van der Waals surface area contributed by atoms with Crippen molar-refractivity contribution in [2.45, 2.75) is 51.5 Å². The van der Waals surface area contributed by atoms with Crippen LogP contribution in [0.3, 0.4) is 0 Å². The number of nitrogens with two attached hydrogens (primary N) is 1. The largest absolute Gasteiger partial charge is 0.354 e. The fourth-order valence-electron chi connectivity index (χ4n) is 2.27. The molecule has 1 aromatic carbocycles. The van der Waals surface area contributed by atoms with Gasteiger partial charge in [-0.05, 0) is 25.3 Å². The smallest absolute Gasteiger partial charge is 0.239 e. The molecule has 3 heteroatoms. The van der Waals surface area contributed by atoms with Gasteiger partial charge in [0.15, 0.2) is 0 Å². The normalized spacial score (nSPS) is 15.6. The zero-order valence-corrected chi connectivity index (χ0v) is 12.3. The molecule has 0 aromatic heterocycles. The summed E-state index contributed by atoms with van der Waals surface area (Å²) in [6.07, 6.45) is 2.62. The molecule has 0 saturated heterocycles. The zero-order valence-electron chi connectivity index (χ0n) is 12.3. The van der Waals surface area contributed by atoms with Crippen molar-refractivity contribution in [1.29, 1.82) is 0 Å². The standard InChI is InChI=1S/C16H26N2O/c1-4-11-16(3,17)15(19)18-12-13(5-2)14-9-7-6-8-10-14/h6-10,13H,4-5,11-12,17H2,1-3H3,(H,18,19). The summed E-state index contributed by atoms with van der Waals surface area (Å²) in [7, 11) is 0. The molecule has 0 heterocycles. The van der Waals surface area contributed by atoms with Gasteiger partial charge < -0.3 is 11.1 Å². The molecule has 0 fully saturated rings. The fraction of sp³-hybridized carbons (Fsp3) is 0.562. The van der Waals surface area contributed by atoms with Crippen LogP contribution in [0.4, 0.5) is 0 Å². The van der Waals surface area contributed by atoms with Crippen molar-refractivity contribution in [1.82, 2.24) is 5.32 Å². The summed E-state index contributed by atoms with van der Waals surface area (Å²) in [5.41, 5.74) is 6.53. The van der Waals surface area contributed by atoms with Crippen molar-refractivity contribution in [3.05, 3.63) is 35.9 Å². The van der Waals surface area contributed by atoms with Crippen molar-refractivity contribution in [2.24, 2.45) is 5.73 Å². The molecule has 0 aliphatic rings. The Kier molecular flexibility index (Phi) is 6.03. The minimum absolute atomic E-state index is 0.0521. The Morgan fingerprint density at radius 2 is 1.95 bits per heavy atom. The first-order valence-corrected chi connectivity index (χ1v) is 7.13. The number of nitrogens with one attached hydrogen (secondary N) is 1. The quantitative estimate of drug-likeness (QED) is 0.794. The second-order valence-electron chi connectivity index (χ2n) is 5.39. The Morgan fingerprint density at radius 3 is 2.47 bits per heavy atom. The van der Waals surface area contributed by atoms with E-state index in [0.29, 0.717) is 18.9 Å². The maximum atomic E-state index is 12.1. The summed E-state index contributed by atoms with van der Waals surface area (Å²) >= 11 is 0. The Bertz CT molecular complexity index is 387. The highest BCUT2D eigenvalue weighted by Gasteiger charge is 2.27. The van der Waals surface area contributed by atoms with Gasteiger partial charge in [-0.15, -0.1) is 0 Å². The lowest BCUT2D eigenvalue weighted by Gasteiger charge is -2.24. The van der Waals surface area contributed by atoms with E-state index in [2.05, 4.69) is 24.4 Å². The number of benzene rings is 1.